The summed E-state index contributed by atoms with van der Waals surface area (Å²) in [7, 11) is 0. The highest BCUT2D eigenvalue weighted by Gasteiger charge is 2.13. The zero-order valence-electron chi connectivity index (χ0n) is 28.5. The van der Waals surface area contributed by atoms with Crippen molar-refractivity contribution in [3.63, 3.8) is 0 Å². The molecule has 0 N–H and O–H groups in total. The van der Waals surface area contributed by atoms with Crippen molar-refractivity contribution in [2.45, 2.75) is 13.8 Å². The highest BCUT2D eigenvalue weighted by atomic mass is 15.1. The van der Waals surface area contributed by atoms with Crippen LogP contribution in [0.3, 0.4) is 0 Å². The Balaban J connectivity index is 1.06. The molecule has 0 aliphatic rings. The van der Waals surface area contributed by atoms with E-state index in [1.54, 1.807) is 0 Å². The van der Waals surface area contributed by atoms with Gasteiger partial charge in [-0.3, -0.25) is 0 Å². The topological polar surface area (TPSA) is 6.48 Å². The molecule has 2 heteroatoms. The lowest BCUT2D eigenvalue weighted by atomic mass is 9.98. The van der Waals surface area contributed by atoms with Crippen molar-refractivity contribution in [3.05, 3.63) is 215 Å². The molecular weight excluding hydrogens is 605 g/mol. The minimum Gasteiger partial charge on any atom is -0.311 e. The average molecular weight is 645 g/mol. The van der Waals surface area contributed by atoms with Crippen molar-refractivity contribution in [2.24, 2.45) is 0 Å². The van der Waals surface area contributed by atoms with E-state index in [2.05, 4.69) is 230 Å². The molecule has 50 heavy (non-hydrogen) atoms. The molecule has 242 valence electrons. The van der Waals surface area contributed by atoms with Crippen LogP contribution in [-0.4, -0.2) is 0 Å². The predicted octanol–water partition coefficient (Wildman–Crippen LogP) is 13.6. The molecule has 0 saturated heterocycles. The van der Waals surface area contributed by atoms with Crippen LogP contribution in [0.15, 0.2) is 182 Å². The minimum absolute atomic E-state index is 1.13. The molecule has 0 aliphatic carbocycles. The maximum atomic E-state index is 2.28. The number of hydrogen-bond donors (Lipinski definition) is 0. The molecule has 0 atom stereocenters. The van der Waals surface area contributed by atoms with Crippen molar-refractivity contribution >= 4 is 58.4 Å². The van der Waals surface area contributed by atoms with Gasteiger partial charge in [-0.2, -0.15) is 0 Å². The number of benzene rings is 7. The van der Waals surface area contributed by atoms with Crippen molar-refractivity contribution in [3.8, 4) is 0 Å². The number of para-hydroxylation sites is 4. The van der Waals surface area contributed by atoms with Crippen LogP contribution in [0.4, 0.5) is 34.1 Å². The molecule has 7 rings (SSSR count). The maximum absolute atomic E-state index is 2.28. The Bertz CT molecular complexity index is 1940. The van der Waals surface area contributed by atoms with E-state index in [0.29, 0.717) is 0 Å². The molecule has 0 fully saturated rings. The highest BCUT2D eigenvalue weighted by molar-refractivity contribution is 5.81. The van der Waals surface area contributed by atoms with E-state index < -0.39 is 0 Å². The Kier molecular flexibility index (Phi) is 9.80. The fourth-order valence-electron chi connectivity index (χ4n) is 6.26. The molecule has 0 amide bonds. The number of rotatable bonds is 10. The molecule has 0 bridgehead atoms. The van der Waals surface area contributed by atoms with Crippen LogP contribution in [0.5, 0.6) is 0 Å². The molecule has 0 aliphatic heterocycles. The Morgan fingerprint density at radius 2 is 0.560 bits per heavy atom. The molecular formula is C48H40N2. The Hall–Kier alpha value is -6.38. The first-order valence-electron chi connectivity index (χ1n) is 17.1. The van der Waals surface area contributed by atoms with E-state index in [9.17, 15) is 0 Å². The lowest BCUT2D eigenvalue weighted by Gasteiger charge is -2.25. The first-order chi connectivity index (χ1) is 24.6. The van der Waals surface area contributed by atoms with Gasteiger partial charge in [0.25, 0.3) is 0 Å². The summed E-state index contributed by atoms with van der Waals surface area (Å²) < 4.78 is 0. The molecule has 0 heterocycles. The molecule has 7 aromatic carbocycles. The normalized spacial score (nSPS) is 11.2. The SMILES string of the molecule is Cc1cc(/C=C/c2ccc(N(c3ccccc3)c3ccccc3)cc2)c(C)cc1/C=C/c1ccc(N(c2ccccc2)c2ccccc2)cc1. The van der Waals surface area contributed by atoms with Gasteiger partial charge in [-0.1, -0.05) is 133 Å². The molecule has 0 aromatic heterocycles. The van der Waals surface area contributed by atoms with Crippen molar-refractivity contribution < 1.29 is 0 Å². The second kappa shape index (κ2) is 15.2. The van der Waals surface area contributed by atoms with Crippen LogP contribution in [-0.2, 0) is 0 Å². The predicted molar refractivity (Wildman–Crippen MR) is 216 cm³/mol. The van der Waals surface area contributed by atoms with Gasteiger partial charge in [-0.05, 0) is 120 Å². The van der Waals surface area contributed by atoms with E-state index in [4.69, 9.17) is 0 Å². The van der Waals surface area contributed by atoms with Crippen LogP contribution in [0.25, 0.3) is 24.3 Å². The largest absolute Gasteiger partial charge is 0.311 e. The molecule has 0 radical (unpaired) electrons. The van der Waals surface area contributed by atoms with E-state index in [1.807, 2.05) is 0 Å². The van der Waals surface area contributed by atoms with Crippen molar-refractivity contribution in [2.75, 3.05) is 9.80 Å². The summed E-state index contributed by atoms with van der Waals surface area (Å²) >= 11 is 0. The van der Waals surface area contributed by atoms with Crippen LogP contribution < -0.4 is 9.80 Å². The summed E-state index contributed by atoms with van der Waals surface area (Å²) in [6.07, 6.45) is 8.85. The number of nitrogens with zero attached hydrogens (tertiary/aromatic N) is 2. The van der Waals surface area contributed by atoms with Crippen LogP contribution in [0.2, 0.25) is 0 Å². The monoisotopic (exact) mass is 644 g/mol. The zero-order valence-corrected chi connectivity index (χ0v) is 28.5. The van der Waals surface area contributed by atoms with Gasteiger partial charge in [0.2, 0.25) is 0 Å². The van der Waals surface area contributed by atoms with Gasteiger partial charge < -0.3 is 9.80 Å². The first kappa shape index (κ1) is 32.2. The maximum Gasteiger partial charge on any atom is 0.0462 e. The lowest BCUT2D eigenvalue weighted by molar-refractivity contribution is 1.28. The second-order valence-corrected chi connectivity index (χ2v) is 12.4. The van der Waals surface area contributed by atoms with Gasteiger partial charge >= 0.3 is 0 Å². The Morgan fingerprint density at radius 3 is 0.840 bits per heavy atom. The summed E-state index contributed by atoms with van der Waals surface area (Å²) in [6.45, 7) is 4.38. The summed E-state index contributed by atoms with van der Waals surface area (Å²) in [5.74, 6) is 0. The highest BCUT2D eigenvalue weighted by Crippen LogP contribution is 2.36. The molecule has 2 nitrogen and oxygen atoms in total. The van der Waals surface area contributed by atoms with Gasteiger partial charge in [-0.25, -0.2) is 0 Å². The number of anilines is 6. The summed E-state index contributed by atoms with van der Waals surface area (Å²) in [5.41, 5.74) is 14.1. The Morgan fingerprint density at radius 1 is 0.300 bits per heavy atom. The third-order valence-corrected chi connectivity index (χ3v) is 8.93. The summed E-state index contributed by atoms with van der Waals surface area (Å²) in [6, 6.07) is 64.1. The van der Waals surface area contributed by atoms with E-state index >= 15 is 0 Å². The van der Waals surface area contributed by atoms with Gasteiger partial charge in [0.1, 0.15) is 0 Å². The van der Waals surface area contributed by atoms with E-state index in [0.717, 1.165) is 45.3 Å². The van der Waals surface area contributed by atoms with E-state index in [-0.39, 0.29) is 0 Å². The van der Waals surface area contributed by atoms with Crippen LogP contribution in [0.1, 0.15) is 33.4 Å². The van der Waals surface area contributed by atoms with Crippen LogP contribution >= 0.6 is 0 Å². The quantitative estimate of drug-likeness (QED) is 0.137. The van der Waals surface area contributed by atoms with E-state index in [1.165, 1.54) is 22.3 Å². The third-order valence-electron chi connectivity index (χ3n) is 8.93. The fourth-order valence-corrected chi connectivity index (χ4v) is 6.26. The average Bonchev–Trinajstić information content (AvgIpc) is 3.17. The van der Waals surface area contributed by atoms with Crippen LogP contribution in [0, 0.1) is 13.8 Å². The van der Waals surface area contributed by atoms with Crippen molar-refractivity contribution in [1.29, 1.82) is 0 Å². The van der Waals surface area contributed by atoms with Gasteiger partial charge in [0.15, 0.2) is 0 Å². The molecule has 0 saturated carbocycles. The van der Waals surface area contributed by atoms with Gasteiger partial charge in [-0.15, -0.1) is 0 Å². The number of hydrogen-bond acceptors (Lipinski definition) is 2. The minimum atomic E-state index is 1.13. The molecule has 0 unspecified atom stereocenters. The zero-order chi connectivity index (χ0) is 34.1. The Labute approximate surface area is 296 Å². The first-order valence-corrected chi connectivity index (χ1v) is 17.1. The standard InChI is InChI=1S/C48H40N2/c1-37-35-42(30-24-40-27-33-48(34-28-40)50(45-19-11-5-12-20-45)46-21-13-6-14-22-46)38(2)36-41(37)29-23-39-25-31-47(32-26-39)49(43-15-7-3-8-16-43)44-17-9-4-10-18-44/h3-36H,1-2H3/b29-23+,30-24+. The second-order valence-electron chi connectivity index (χ2n) is 12.4. The summed E-state index contributed by atoms with van der Waals surface area (Å²) in [5, 5.41) is 0. The number of aryl methyl sites for hydroxylation is 2. The lowest BCUT2D eigenvalue weighted by Crippen LogP contribution is -2.09. The van der Waals surface area contributed by atoms with Gasteiger partial charge in [0.05, 0.1) is 0 Å². The fraction of sp³-hybridized carbons (Fsp3) is 0.0417. The summed E-state index contributed by atoms with van der Waals surface area (Å²) in [4.78, 5) is 4.57. The third kappa shape index (κ3) is 7.51. The van der Waals surface area contributed by atoms with Gasteiger partial charge in [0, 0.05) is 34.1 Å². The van der Waals surface area contributed by atoms with Crippen molar-refractivity contribution in [1.82, 2.24) is 0 Å². The molecule has 7 aromatic rings. The molecule has 0 spiro atoms. The smallest absolute Gasteiger partial charge is 0.0462 e.